The van der Waals surface area contributed by atoms with Crippen molar-refractivity contribution >= 4 is 40.8 Å². The lowest BCUT2D eigenvalue weighted by atomic mass is 10.1. The van der Waals surface area contributed by atoms with Crippen LogP contribution in [0.4, 0.5) is 11.4 Å². The van der Waals surface area contributed by atoms with Crippen molar-refractivity contribution in [3.05, 3.63) is 59.1 Å². The molecule has 0 unspecified atom stereocenters. The SMILES string of the molecule is Cc1cccc(N2C[C@@H](C(=O)OCC(=O)Nc3cccc(Cl)c3)CC2=O)c1. The van der Waals surface area contributed by atoms with Gasteiger partial charge in [-0.05, 0) is 42.8 Å². The molecule has 27 heavy (non-hydrogen) atoms. The summed E-state index contributed by atoms with van der Waals surface area (Å²) in [5.41, 5.74) is 2.31. The summed E-state index contributed by atoms with van der Waals surface area (Å²) in [7, 11) is 0. The van der Waals surface area contributed by atoms with Crippen LogP contribution in [-0.4, -0.2) is 30.9 Å². The molecule has 2 amide bonds. The third-order valence-corrected chi connectivity index (χ3v) is 4.46. The highest BCUT2D eigenvalue weighted by Gasteiger charge is 2.36. The molecule has 1 saturated heterocycles. The summed E-state index contributed by atoms with van der Waals surface area (Å²) in [6, 6.07) is 14.2. The van der Waals surface area contributed by atoms with E-state index >= 15 is 0 Å². The Labute approximate surface area is 162 Å². The predicted molar refractivity (Wildman–Crippen MR) is 103 cm³/mol. The number of carbonyl (C=O) groups is 3. The Kier molecular flexibility index (Phi) is 5.76. The maximum absolute atomic E-state index is 12.2. The molecule has 1 heterocycles. The van der Waals surface area contributed by atoms with E-state index in [4.69, 9.17) is 16.3 Å². The third kappa shape index (κ3) is 4.86. The Hall–Kier alpha value is -2.86. The summed E-state index contributed by atoms with van der Waals surface area (Å²) in [4.78, 5) is 38.0. The fraction of sp³-hybridized carbons (Fsp3) is 0.250. The molecule has 1 aliphatic rings. The molecule has 7 heteroatoms. The second-order valence-electron chi connectivity index (χ2n) is 6.41. The van der Waals surface area contributed by atoms with Crippen molar-refractivity contribution in [1.82, 2.24) is 0 Å². The van der Waals surface area contributed by atoms with Gasteiger partial charge in [-0.2, -0.15) is 0 Å². The molecule has 0 bridgehead atoms. The van der Waals surface area contributed by atoms with Gasteiger partial charge >= 0.3 is 5.97 Å². The molecule has 2 aromatic rings. The van der Waals surface area contributed by atoms with E-state index in [0.29, 0.717) is 10.7 Å². The summed E-state index contributed by atoms with van der Waals surface area (Å²) in [6.07, 6.45) is 0.0721. The maximum atomic E-state index is 12.2. The number of ether oxygens (including phenoxy) is 1. The summed E-state index contributed by atoms with van der Waals surface area (Å²) < 4.78 is 5.08. The lowest BCUT2D eigenvalue weighted by Gasteiger charge is -2.17. The smallest absolute Gasteiger partial charge is 0.311 e. The van der Waals surface area contributed by atoms with Crippen LogP contribution in [0.15, 0.2) is 48.5 Å². The van der Waals surface area contributed by atoms with Crippen molar-refractivity contribution in [1.29, 1.82) is 0 Å². The van der Waals surface area contributed by atoms with E-state index in [0.717, 1.165) is 11.3 Å². The second-order valence-corrected chi connectivity index (χ2v) is 6.85. The van der Waals surface area contributed by atoms with E-state index in [2.05, 4.69) is 5.32 Å². The van der Waals surface area contributed by atoms with Crippen LogP contribution in [0.3, 0.4) is 0 Å². The normalized spacial score (nSPS) is 16.3. The highest BCUT2D eigenvalue weighted by molar-refractivity contribution is 6.30. The molecule has 1 N–H and O–H groups in total. The highest BCUT2D eigenvalue weighted by atomic mass is 35.5. The first-order valence-electron chi connectivity index (χ1n) is 8.51. The van der Waals surface area contributed by atoms with Gasteiger partial charge in [-0.1, -0.05) is 29.8 Å². The summed E-state index contributed by atoms with van der Waals surface area (Å²) >= 11 is 5.86. The summed E-state index contributed by atoms with van der Waals surface area (Å²) in [6.45, 7) is 1.77. The number of carbonyl (C=O) groups excluding carboxylic acids is 3. The number of esters is 1. The van der Waals surface area contributed by atoms with Gasteiger partial charge in [0.25, 0.3) is 5.91 Å². The third-order valence-electron chi connectivity index (χ3n) is 4.23. The van der Waals surface area contributed by atoms with Crippen LogP contribution in [0.1, 0.15) is 12.0 Å². The Morgan fingerprint density at radius 2 is 2.00 bits per heavy atom. The molecule has 0 radical (unpaired) electrons. The lowest BCUT2D eigenvalue weighted by molar-refractivity contribution is -0.151. The zero-order valence-corrected chi connectivity index (χ0v) is 15.5. The van der Waals surface area contributed by atoms with Gasteiger partial charge in [-0.15, -0.1) is 0 Å². The number of amides is 2. The maximum Gasteiger partial charge on any atom is 0.311 e. The first-order chi connectivity index (χ1) is 12.9. The number of benzene rings is 2. The van der Waals surface area contributed by atoms with E-state index in [1.54, 1.807) is 29.2 Å². The van der Waals surface area contributed by atoms with E-state index < -0.39 is 24.4 Å². The van der Waals surface area contributed by atoms with Crippen LogP contribution in [0, 0.1) is 12.8 Å². The molecular weight excluding hydrogens is 368 g/mol. The number of hydrogen-bond acceptors (Lipinski definition) is 4. The van der Waals surface area contributed by atoms with E-state index in [9.17, 15) is 14.4 Å². The van der Waals surface area contributed by atoms with Crippen LogP contribution >= 0.6 is 11.6 Å². The van der Waals surface area contributed by atoms with Crippen molar-refractivity contribution in [2.24, 2.45) is 5.92 Å². The molecule has 6 nitrogen and oxygen atoms in total. The van der Waals surface area contributed by atoms with Crippen LogP contribution in [0.25, 0.3) is 0 Å². The topological polar surface area (TPSA) is 75.7 Å². The van der Waals surface area contributed by atoms with Gasteiger partial charge in [-0.25, -0.2) is 0 Å². The number of rotatable bonds is 5. The van der Waals surface area contributed by atoms with E-state index in [1.807, 2.05) is 31.2 Å². The highest BCUT2D eigenvalue weighted by Crippen LogP contribution is 2.26. The Bertz CT molecular complexity index is 884. The first kappa shape index (κ1) is 18.9. The quantitative estimate of drug-likeness (QED) is 0.801. The summed E-state index contributed by atoms with van der Waals surface area (Å²) in [5, 5.41) is 3.09. The van der Waals surface area contributed by atoms with Crippen molar-refractivity contribution in [2.45, 2.75) is 13.3 Å². The van der Waals surface area contributed by atoms with Crippen LogP contribution in [0.2, 0.25) is 5.02 Å². The number of nitrogens with one attached hydrogen (secondary N) is 1. The van der Waals surface area contributed by atoms with Crippen molar-refractivity contribution in [3.8, 4) is 0 Å². The van der Waals surface area contributed by atoms with Gasteiger partial charge in [0.15, 0.2) is 6.61 Å². The number of anilines is 2. The molecule has 0 aliphatic carbocycles. The molecule has 3 rings (SSSR count). The number of nitrogens with zero attached hydrogens (tertiary/aromatic N) is 1. The largest absolute Gasteiger partial charge is 0.455 e. The predicted octanol–water partition coefficient (Wildman–Crippen LogP) is 3.18. The molecule has 0 aromatic heterocycles. The standard InChI is InChI=1S/C20H19ClN2O4/c1-13-4-2-7-17(8-13)23-11-14(9-19(23)25)20(26)27-12-18(24)22-16-6-3-5-15(21)10-16/h2-8,10,14H,9,11-12H2,1H3,(H,22,24)/t14-/m0/s1. The Balaban J connectivity index is 1.52. The Morgan fingerprint density at radius 1 is 1.22 bits per heavy atom. The second kappa shape index (κ2) is 8.22. The molecule has 1 aliphatic heterocycles. The molecule has 1 fully saturated rings. The number of hydrogen-bond donors (Lipinski definition) is 1. The first-order valence-corrected chi connectivity index (χ1v) is 8.89. The molecule has 0 saturated carbocycles. The minimum atomic E-state index is -0.586. The minimum absolute atomic E-state index is 0.0721. The van der Waals surface area contributed by atoms with Crippen LogP contribution in [0.5, 0.6) is 0 Å². The average Bonchev–Trinajstić information content (AvgIpc) is 3.01. The number of aryl methyl sites for hydroxylation is 1. The lowest BCUT2D eigenvalue weighted by Crippen LogP contribution is -2.28. The fourth-order valence-corrected chi connectivity index (χ4v) is 3.12. The van der Waals surface area contributed by atoms with Crippen molar-refractivity contribution < 1.29 is 19.1 Å². The van der Waals surface area contributed by atoms with Crippen LogP contribution < -0.4 is 10.2 Å². The van der Waals surface area contributed by atoms with Gasteiger partial charge in [0.2, 0.25) is 5.91 Å². The minimum Gasteiger partial charge on any atom is -0.455 e. The average molecular weight is 387 g/mol. The molecular formula is C20H19ClN2O4. The van der Waals surface area contributed by atoms with Gasteiger partial charge in [-0.3, -0.25) is 14.4 Å². The van der Waals surface area contributed by atoms with Crippen molar-refractivity contribution in [2.75, 3.05) is 23.4 Å². The molecule has 140 valence electrons. The molecule has 1 atom stereocenters. The van der Waals surface area contributed by atoms with E-state index in [1.165, 1.54) is 0 Å². The van der Waals surface area contributed by atoms with Crippen LogP contribution in [-0.2, 0) is 19.1 Å². The van der Waals surface area contributed by atoms with Gasteiger partial charge in [0.1, 0.15) is 0 Å². The summed E-state index contributed by atoms with van der Waals surface area (Å²) in [5.74, 6) is -1.74. The monoisotopic (exact) mass is 386 g/mol. The Morgan fingerprint density at radius 3 is 2.74 bits per heavy atom. The van der Waals surface area contributed by atoms with Gasteiger partial charge in [0, 0.05) is 29.4 Å². The zero-order chi connectivity index (χ0) is 19.4. The molecule has 2 aromatic carbocycles. The van der Waals surface area contributed by atoms with E-state index in [-0.39, 0.29) is 18.9 Å². The number of halogens is 1. The molecule has 0 spiro atoms. The van der Waals surface area contributed by atoms with Gasteiger partial charge in [0.05, 0.1) is 5.92 Å². The van der Waals surface area contributed by atoms with Crippen molar-refractivity contribution in [3.63, 3.8) is 0 Å². The fourth-order valence-electron chi connectivity index (χ4n) is 2.93. The van der Waals surface area contributed by atoms with Gasteiger partial charge < -0.3 is 15.0 Å². The zero-order valence-electron chi connectivity index (χ0n) is 14.8.